The Labute approximate surface area is 201 Å². The standard InChI is InChI=1S/C23H29N7O5/c1-13-11-34-12-14-7-15(21(32)28(5)10-14)26-18-8-16(29(6)22(33)35-23(2,3)4)19-24-9-17(20(31)25-13)30(19)27-18/h7-10,13H,11-12H2,1-6H3,(H,25,31)(H,26,27)/t13-/m1/s1. The van der Waals surface area contributed by atoms with E-state index in [1.807, 2.05) is 6.92 Å². The molecule has 0 saturated heterocycles. The normalized spacial score (nSPS) is 16.4. The topological polar surface area (TPSA) is 132 Å². The van der Waals surface area contributed by atoms with Crippen molar-refractivity contribution in [1.82, 2.24) is 24.5 Å². The highest BCUT2D eigenvalue weighted by molar-refractivity contribution is 5.96. The quantitative estimate of drug-likeness (QED) is 0.538. The number of carbonyl (C=O) groups is 2. The Morgan fingerprint density at radius 1 is 1.29 bits per heavy atom. The van der Waals surface area contributed by atoms with Gasteiger partial charge in [0.25, 0.3) is 11.5 Å². The molecule has 186 valence electrons. The van der Waals surface area contributed by atoms with Gasteiger partial charge in [-0.05, 0) is 39.3 Å². The molecule has 2 amide bonds. The van der Waals surface area contributed by atoms with Gasteiger partial charge in [0.15, 0.2) is 17.2 Å². The van der Waals surface area contributed by atoms with Crippen LogP contribution in [0, 0.1) is 0 Å². The van der Waals surface area contributed by atoms with E-state index in [4.69, 9.17) is 9.47 Å². The summed E-state index contributed by atoms with van der Waals surface area (Å²) < 4.78 is 14.0. The van der Waals surface area contributed by atoms with Crippen molar-refractivity contribution < 1.29 is 19.1 Å². The highest BCUT2D eigenvalue weighted by Crippen LogP contribution is 2.26. The molecule has 4 heterocycles. The van der Waals surface area contributed by atoms with Gasteiger partial charge in [-0.3, -0.25) is 14.5 Å². The van der Waals surface area contributed by atoms with Crippen LogP contribution in [0.2, 0.25) is 0 Å². The first-order valence-corrected chi connectivity index (χ1v) is 11.1. The zero-order valence-electron chi connectivity index (χ0n) is 20.6. The summed E-state index contributed by atoms with van der Waals surface area (Å²) in [5, 5.41) is 10.4. The van der Waals surface area contributed by atoms with Crippen LogP contribution in [0.3, 0.4) is 0 Å². The van der Waals surface area contributed by atoms with Crippen LogP contribution in [0.25, 0.3) is 5.65 Å². The lowest BCUT2D eigenvalue weighted by atomic mass is 10.2. The van der Waals surface area contributed by atoms with Crippen LogP contribution in [0.5, 0.6) is 0 Å². The minimum Gasteiger partial charge on any atom is -0.443 e. The van der Waals surface area contributed by atoms with Gasteiger partial charge in [-0.15, -0.1) is 5.10 Å². The summed E-state index contributed by atoms with van der Waals surface area (Å²) in [6, 6.07) is 2.97. The van der Waals surface area contributed by atoms with Gasteiger partial charge < -0.3 is 24.7 Å². The first-order valence-electron chi connectivity index (χ1n) is 11.1. The molecule has 1 atom stereocenters. The molecule has 0 radical (unpaired) electrons. The van der Waals surface area contributed by atoms with E-state index in [1.54, 1.807) is 53.2 Å². The van der Waals surface area contributed by atoms with E-state index < -0.39 is 17.6 Å². The molecule has 12 heteroatoms. The van der Waals surface area contributed by atoms with Crippen molar-refractivity contribution in [1.29, 1.82) is 0 Å². The number of hydrogen-bond acceptors (Lipinski definition) is 8. The summed E-state index contributed by atoms with van der Waals surface area (Å²) >= 11 is 0. The van der Waals surface area contributed by atoms with Crippen LogP contribution in [-0.2, 0) is 23.1 Å². The van der Waals surface area contributed by atoms with E-state index in [1.165, 1.54) is 20.2 Å². The molecular weight excluding hydrogens is 454 g/mol. The van der Waals surface area contributed by atoms with Gasteiger partial charge in [0.2, 0.25) is 0 Å². The van der Waals surface area contributed by atoms with E-state index in [-0.39, 0.29) is 47.7 Å². The number of anilines is 3. The first-order chi connectivity index (χ1) is 16.4. The summed E-state index contributed by atoms with van der Waals surface area (Å²) in [5.74, 6) is -0.175. The molecule has 35 heavy (non-hydrogen) atoms. The molecule has 12 nitrogen and oxygen atoms in total. The molecule has 3 aromatic rings. The molecule has 1 aliphatic heterocycles. The highest BCUT2D eigenvalue weighted by atomic mass is 16.6. The fourth-order valence-corrected chi connectivity index (χ4v) is 3.62. The Hall–Kier alpha value is -3.93. The second-order valence-electron chi connectivity index (χ2n) is 9.53. The summed E-state index contributed by atoms with van der Waals surface area (Å²) in [6.45, 7) is 7.64. The number of amides is 2. The number of imidazole rings is 1. The number of nitrogens with one attached hydrogen (secondary N) is 2. The van der Waals surface area contributed by atoms with Crippen molar-refractivity contribution in [3.05, 3.63) is 46.1 Å². The van der Waals surface area contributed by atoms with Gasteiger partial charge in [0, 0.05) is 32.4 Å². The number of pyridine rings is 1. The van der Waals surface area contributed by atoms with Crippen molar-refractivity contribution in [2.45, 2.75) is 45.9 Å². The lowest BCUT2D eigenvalue weighted by Crippen LogP contribution is -2.37. The summed E-state index contributed by atoms with van der Waals surface area (Å²) in [4.78, 5) is 44.3. The largest absolute Gasteiger partial charge is 0.443 e. The van der Waals surface area contributed by atoms with Crippen molar-refractivity contribution in [3.63, 3.8) is 0 Å². The summed E-state index contributed by atoms with van der Waals surface area (Å²) in [5.41, 5.74) is 0.812. The number of nitrogens with zero attached hydrogens (tertiary/aromatic N) is 5. The van der Waals surface area contributed by atoms with Crippen molar-refractivity contribution >= 4 is 34.8 Å². The molecule has 0 saturated carbocycles. The van der Waals surface area contributed by atoms with Crippen LogP contribution in [-0.4, -0.2) is 56.5 Å². The molecule has 3 aromatic heterocycles. The average molecular weight is 484 g/mol. The predicted octanol–water partition coefficient (Wildman–Crippen LogP) is 2.19. The van der Waals surface area contributed by atoms with Crippen molar-refractivity contribution in [2.75, 3.05) is 23.9 Å². The molecule has 1 aliphatic rings. The number of ether oxygens (including phenoxy) is 2. The van der Waals surface area contributed by atoms with Gasteiger partial charge in [0.05, 0.1) is 25.1 Å². The monoisotopic (exact) mass is 483 g/mol. The third-order valence-electron chi connectivity index (χ3n) is 5.23. The molecule has 0 unspecified atom stereocenters. The Morgan fingerprint density at radius 3 is 2.74 bits per heavy atom. The number of fused-ring (bicyclic) bond motifs is 3. The fourth-order valence-electron chi connectivity index (χ4n) is 3.62. The second kappa shape index (κ2) is 9.02. The van der Waals surface area contributed by atoms with E-state index in [9.17, 15) is 14.4 Å². The van der Waals surface area contributed by atoms with E-state index in [0.29, 0.717) is 5.69 Å². The predicted molar refractivity (Wildman–Crippen MR) is 129 cm³/mol. The number of rotatable bonds is 1. The van der Waals surface area contributed by atoms with Gasteiger partial charge in [-0.1, -0.05) is 0 Å². The zero-order chi connectivity index (χ0) is 25.5. The van der Waals surface area contributed by atoms with E-state index in [2.05, 4.69) is 20.7 Å². The van der Waals surface area contributed by atoms with Gasteiger partial charge in [0.1, 0.15) is 11.3 Å². The summed E-state index contributed by atoms with van der Waals surface area (Å²) in [6.07, 6.45) is 2.46. The maximum absolute atomic E-state index is 13.0. The number of carbonyl (C=O) groups excluding carboxylic acids is 2. The molecule has 4 bridgehead atoms. The van der Waals surface area contributed by atoms with Crippen molar-refractivity contribution in [3.8, 4) is 0 Å². The maximum atomic E-state index is 13.0. The third kappa shape index (κ3) is 5.11. The van der Waals surface area contributed by atoms with Crippen LogP contribution >= 0.6 is 0 Å². The second-order valence-corrected chi connectivity index (χ2v) is 9.53. The first kappa shape index (κ1) is 24.2. The molecular formula is C23H29N7O5. The Morgan fingerprint density at radius 2 is 2.03 bits per heavy atom. The third-order valence-corrected chi connectivity index (χ3v) is 5.23. The minimum absolute atomic E-state index is 0.160. The Balaban J connectivity index is 1.89. The van der Waals surface area contributed by atoms with Crippen LogP contribution in [0.1, 0.15) is 43.7 Å². The molecule has 4 rings (SSSR count). The molecule has 0 fully saturated rings. The SMILES string of the molecule is C[C@@H]1COCc2cc(c(=O)n(C)c2)Nc2cc(N(C)C(=O)OC(C)(C)C)c3ncc(n3n2)C(=O)N1. The zero-order valence-corrected chi connectivity index (χ0v) is 20.6. The van der Waals surface area contributed by atoms with Crippen LogP contribution in [0.15, 0.2) is 29.3 Å². The molecule has 2 N–H and O–H groups in total. The average Bonchev–Trinajstić information content (AvgIpc) is 3.18. The van der Waals surface area contributed by atoms with Crippen molar-refractivity contribution in [2.24, 2.45) is 7.05 Å². The number of aromatic nitrogens is 4. The highest BCUT2D eigenvalue weighted by Gasteiger charge is 2.26. The van der Waals surface area contributed by atoms with E-state index in [0.717, 1.165) is 5.56 Å². The van der Waals surface area contributed by atoms with Gasteiger partial charge in [-0.2, -0.15) is 0 Å². The molecule has 0 aliphatic carbocycles. The Bertz CT molecular complexity index is 1350. The number of aryl methyl sites for hydroxylation is 1. The van der Waals surface area contributed by atoms with E-state index >= 15 is 0 Å². The lowest BCUT2D eigenvalue weighted by Gasteiger charge is -2.25. The Kier molecular flexibility index (Phi) is 6.24. The molecule has 0 spiro atoms. The minimum atomic E-state index is -0.713. The van der Waals surface area contributed by atoms with Gasteiger partial charge >= 0.3 is 6.09 Å². The van der Waals surface area contributed by atoms with Gasteiger partial charge in [-0.25, -0.2) is 14.3 Å². The fraction of sp³-hybridized carbons (Fsp3) is 0.435. The maximum Gasteiger partial charge on any atom is 0.414 e. The summed E-state index contributed by atoms with van der Waals surface area (Å²) in [7, 11) is 3.19. The lowest BCUT2D eigenvalue weighted by molar-refractivity contribution is 0.0589. The smallest absolute Gasteiger partial charge is 0.414 e. The molecule has 0 aromatic carbocycles. The van der Waals surface area contributed by atoms with Crippen LogP contribution < -0.4 is 21.1 Å². The number of hydrogen-bond donors (Lipinski definition) is 2. The van der Waals surface area contributed by atoms with Crippen LogP contribution in [0.4, 0.5) is 22.0 Å².